The molecule has 3 atom stereocenters. The van der Waals surface area contributed by atoms with Crippen LogP contribution in [-0.4, -0.2) is 43.2 Å². The van der Waals surface area contributed by atoms with Crippen molar-refractivity contribution in [2.45, 2.75) is 44.9 Å². The molecule has 1 aromatic carbocycles. The number of carbonyl (C=O) groups excluding carboxylic acids is 1. The number of nitrogens with zero attached hydrogens (tertiary/aromatic N) is 1. The quantitative estimate of drug-likeness (QED) is 0.445. The van der Waals surface area contributed by atoms with E-state index in [1.807, 2.05) is 6.92 Å². The Hall–Kier alpha value is -1.35. The molecule has 6 nitrogen and oxygen atoms in total. The molecule has 0 aliphatic carbocycles. The molecular weight excluding hydrogens is 359 g/mol. The van der Waals surface area contributed by atoms with Crippen molar-refractivity contribution in [2.24, 2.45) is 11.8 Å². The van der Waals surface area contributed by atoms with Crippen LogP contribution in [0.2, 0.25) is 0 Å². The SMILES string of the molecule is Cc1cc(F)ccc1C1CCN(C(C(C(=O)NO)C(C)C)S(=O)[O-])CC1. The van der Waals surface area contributed by atoms with Gasteiger partial charge in [-0.25, -0.2) is 9.87 Å². The van der Waals surface area contributed by atoms with E-state index in [1.54, 1.807) is 30.3 Å². The van der Waals surface area contributed by atoms with Crippen molar-refractivity contribution < 1.29 is 23.2 Å². The molecular formula is C18H26FN2O4S-. The van der Waals surface area contributed by atoms with Gasteiger partial charge in [-0.2, -0.15) is 0 Å². The van der Waals surface area contributed by atoms with Crippen LogP contribution in [0.1, 0.15) is 43.7 Å². The highest BCUT2D eigenvalue weighted by Crippen LogP contribution is 2.33. The lowest BCUT2D eigenvalue weighted by molar-refractivity contribution is -0.136. The highest BCUT2D eigenvalue weighted by atomic mass is 32.2. The summed E-state index contributed by atoms with van der Waals surface area (Å²) >= 11 is -2.48. The lowest BCUT2D eigenvalue weighted by atomic mass is 9.86. The average Bonchev–Trinajstić information content (AvgIpc) is 2.58. The predicted octanol–water partition coefficient (Wildman–Crippen LogP) is 2.30. The number of halogens is 1. The topological polar surface area (TPSA) is 92.7 Å². The second kappa shape index (κ2) is 9.03. The Kier molecular flexibility index (Phi) is 7.28. The molecule has 1 aliphatic rings. The van der Waals surface area contributed by atoms with Gasteiger partial charge in [0.1, 0.15) is 5.82 Å². The number of likely N-dealkylation sites (tertiary alicyclic amines) is 1. The van der Waals surface area contributed by atoms with Crippen LogP contribution in [0.5, 0.6) is 0 Å². The van der Waals surface area contributed by atoms with Gasteiger partial charge in [-0.15, -0.1) is 0 Å². The van der Waals surface area contributed by atoms with Gasteiger partial charge in [0.25, 0.3) is 0 Å². The van der Waals surface area contributed by atoms with E-state index in [2.05, 4.69) is 0 Å². The number of piperidine rings is 1. The number of carbonyl (C=O) groups is 1. The van der Waals surface area contributed by atoms with E-state index in [0.717, 1.165) is 24.0 Å². The summed E-state index contributed by atoms with van der Waals surface area (Å²) in [6.07, 6.45) is 1.46. The van der Waals surface area contributed by atoms with Crippen molar-refractivity contribution >= 4 is 17.0 Å². The smallest absolute Gasteiger partial charge is 0.249 e. The normalized spacial score (nSPS) is 20.0. The highest BCUT2D eigenvalue weighted by molar-refractivity contribution is 7.79. The van der Waals surface area contributed by atoms with Gasteiger partial charge >= 0.3 is 0 Å². The number of hydrogen-bond donors (Lipinski definition) is 2. The number of hydrogen-bond acceptors (Lipinski definition) is 5. The summed E-state index contributed by atoms with van der Waals surface area (Å²) in [6, 6.07) is 4.76. The van der Waals surface area contributed by atoms with Crippen LogP contribution in [0.25, 0.3) is 0 Å². The standard InChI is InChI=1S/C18H27FN2O4S/c1-11(2)16(17(22)20-23)18(26(24)25)21-8-6-13(7-9-21)15-5-4-14(19)10-12(15)3/h4-5,10-11,13,16,18,23H,6-9H2,1-3H3,(H,20,22)(H,24,25)/p-1. The molecule has 3 unspecified atom stereocenters. The van der Waals surface area contributed by atoms with E-state index in [1.165, 1.54) is 12.1 Å². The minimum Gasteiger partial charge on any atom is -0.771 e. The maximum Gasteiger partial charge on any atom is 0.249 e. The summed E-state index contributed by atoms with van der Waals surface area (Å²) in [6.45, 7) is 6.42. The van der Waals surface area contributed by atoms with Gasteiger partial charge in [0.15, 0.2) is 0 Å². The molecule has 2 N–H and O–H groups in total. The van der Waals surface area contributed by atoms with Gasteiger partial charge in [-0.05, 0) is 79.0 Å². The lowest BCUT2D eigenvalue weighted by Crippen LogP contribution is -2.52. The Labute approximate surface area is 156 Å². The van der Waals surface area contributed by atoms with Crippen LogP contribution in [0, 0.1) is 24.6 Å². The van der Waals surface area contributed by atoms with Crippen LogP contribution in [0.4, 0.5) is 4.39 Å². The maximum atomic E-state index is 13.3. The molecule has 0 spiro atoms. The van der Waals surface area contributed by atoms with Crippen LogP contribution >= 0.6 is 0 Å². The van der Waals surface area contributed by atoms with Gasteiger partial charge in [0.05, 0.1) is 11.3 Å². The van der Waals surface area contributed by atoms with Crippen molar-refractivity contribution in [3.63, 3.8) is 0 Å². The lowest BCUT2D eigenvalue weighted by Gasteiger charge is -2.42. The fraction of sp³-hybridized carbons (Fsp3) is 0.611. The number of hydroxylamine groups is 1. The number of nitrogens with one attached hydrogen (secondary N) is 1. The number of rotatable bonds is 6. The first kappa shape index (κ1) is 21.0. The molecule has 26 heavy (non-hydrogen) atoms. The molecule has 1 amide bonds. The minimum absolute atomic E-state index is 0.233. The molecule has 0 radical (unpaired) electrons. The fourth-order valence-electron chi connectivity index (χ4n) is 3.87. The largest absolute Gasteiger partial charge is 0.771 e. The van der Waals surface area contributed by atoms with Crippen LogP contribution in [0.3, 0.4) is 0 Å². The Bertz CT molecular complexity index is 663. The zero-order chi connectivity index (χ0) is 19.4. The number of amides is 1. The van der Waals surface area contributed by atoms with Crippen LogP contribution < -0.4 is 5.48 Å². The fourth-order valence-corrected chi connectivity index (χ4v) is 5.00. The van der Waals surface area contributed by atoms with Gasteiger partial charge in [-0.3, -0.25) is 19.1 Å². The van der Waals surface area contributed by atoms with Gasteiger partial charge < -0.3 is 4.55 Å². The number of benzene rings is 1. The molecule has 146 valence electrons. The van der Waals surface area contributed by atoms with E-state index in [9.17, 15) is 17.9 Å². The molecule has 0 saturated carbocycles. The minimum atomic E-state index is -2.48. The Balaban J connectivity index is 2.14. The van der Waals surface area contributed by atoms with E-state index >= 15 is 0 Å². The first-order valence-electron chi connectivity index (χ1n) is 8.78. The molecule has 2 rings (SSSR count). The van der Waals surface area contributed by atoms with Crippen molar-refractivity contribution in [3.8, 4) is 0 Å². The molecule has 1 aromatic rings. The Morgan fingerprint density at radius 1 is 1.38 bits per heavy atom. The van der Waals surface area contributed by atoms with E-state index in [-0.39, 0.29) is 17.7 Å². The molecule has 0 bridgehead atoms. The summed E-state index contributed by atoms with van der Waals surface area (Å²) in [7, 11) is 0. The first-order chi connectivity index (χ1) is 12.3. The second-order valence-electron chi connectivity index (χ2n) is 7.21. The van der Waals surface area contributed by atoms with Crippen LogP contribution in [-0.2, 0) is 15.9 Å². The predicted molar refractivity (Wildman–Crippen MR) is 95.7 cm³/mol. The summed E-state index contributed by atoms with van der Waals surface area (Å²) in [5, 5.41) is 7.99. The van der Waals surface area contributed by atoms with E-state index < -0.39 is 28.3 Å². The van der Waals surface area contributed by atoms with Crippen molar-refractivity contribution in [1.29, 1.82) is 0 Å². The molecule has 1 fully saturated rings. The van der Waals surface area contributed by atoms with E-state index in [4.69, 9.17) is 5.21 Å². The number of aryl methyl sites for hydroxylation is 1. The maximum absolute atomic E-state index is 13.3. The highest BCUT2D eigenvalue weighted by Gasteiger charge is 2.37. The molecule has 0 aromatic heterocycles. The van der Waals surface area contributed by atoms with Crippen molar-refractivity contribution in [2.75, 3.05) is 13.1 Å². The van der Waals surface area contributed by atoms with Crippen LogP contribution in [0.15, 0.2) is 18.2 Å². The summed E-state index contributed by atoms with van der Waals surface area (Å²) in [4.78, 5) is 13.8. The van der Waals surface area contributed by atoms with Crippen molar-refractivity contribution in [1.82, 2.24) is 10.4 Å². The summed E-state index contributed by atoms with van der Waals surface area (Å²) in [5.41, 5.74) is 3.57. The molecule has 1 saturated heterocycles. The Morgan fingerprint density at radius 3 is 2.46 bits per heavy atom. The van der Waals surface area contributed by atoms with Gasteiger partial charge in [0.2, 0.25) is 5.91 Å². The Morgan fingerprint density at radius 2 is 2.00 bits per heavy atom. The first-order valence-corrected chi connectivity index (χ1v) is 9.92. The monoisotopic (exact) mass is 385 g/mol. The zero-order valence-electron chi connectivity index (χ0n) is 15.3. The zero-order valence-corrected chi connectivity index (χ0v) is 16.1. The van der Waals surface area contributed by atoms with E-state index in [0.29, 0.717) is 13.1 Å². The van der Waals surface area contributed by atoms with Gasteiger partial charge in [-0.1, -0.05) is 19.9 Å². The third-order valence-corrected chi connectivity index (χ3v) is 6.18. The molecule has 1 aliphatic heterocycles. The molecule has 1 heterocycles. The third kappa shape index (κ3) is 4.68. The summed E-state index contributed by atoms with van der Waals surface area (Å²) < 4.78 is 37.0. The summed E-state index contributed by atoms with van der Waals surface area (Å²) in [5.74, 6) is -1.83. The van der Waals surface area contributed by atoms with Gasteiger partial charge in [0, 0.05) is 0 Å². The second-order valence-corrected chi connectivity index (χ2v) is 8.21. The average molecular weight is 385 g/mol. The van der Waals surface area contributed by atoms with Crippen molar-refractivity contribution in [3.05, 3.63) is 35.1 Å². The third-order valence-electron chi connectivity index (χ3n) is 5.20. The molecule has 8 heteroatoms.